The van der Waals surface area contributed by atoms with Crippen LogP contribution >= 0.6 is 11.3 Å². The van der Waals surface area contributed by atoms with Crippen LogP contribution in [0.1, 0.15) is 88.9 Å². The van der Waals surface area contributed by atoms with E-state index < -0.39 is 5.41 Å². The minimum absolute atomic E-state index is 0.148. The highest BCUT2D eigenvalue weighted by Gasteiger charge is 2.52. The second-order valence-corrected chi connectivity index (χ2v) is 26.4. The Morgan fingerprint density at radius 1 is 0.306 bits per heavy atom. The standard InChI is InChI=1S/C82H62N2S/c1-49-30-39-60-62-42-37-55(47-72(62)80(4,5)70(60)44-49)83(56-38-43-63-61-40-31-50(2)45-71(61)81(6,7)73(63)48-56)54-36-41-57(51(3)46-54)52-32-34-53(35-33-52)84(75-27-17-29-77-79(75)65-21-11-15-28-76(65)85-77)74-26-16-25-69-78(74)64-20-10-14-24-68(64)82(69)66-22-12-8-18-58(66)59-19-9-13-23-67(59)82/h8-48H,1-7H3. The Morgan fingerprint density at radius 3 is 1.34 bits per heavy atom. The SMILES string of the molecule is Cc1ccc2c(c1)C(C)(C)c1cc(N(c3ccc(-c4ccc(N(c5cccc6c5-c5ccccc5C65c6ccccc6-c6ccccc65)c5cccc6sc7ccccc7c56)cc4)c(C)c3)c3ccc4c(c3)C(C)(C)c3cc(C)ccc3-4)ccc1-2. The highest BCUT2D eigenvalue weighted by Crippen LogP contribution is 2.65. The molecule has 1 aromatic heterocycles. The zero-order chi connectivity index (χ0) is 57.3. The van der Waals surface area contributed by atoms with E-state index in [0.29, 0.717) is 0 Å². The van der Waals surface area contributed by atoms with Crippen molar-refractivity contribution in [3.63, 3.8) is 0 Å². The Labute approximate surface area is 502 Å². The summed E-state index contributed by atoms with van der Waals surface area (Å²) in [6.07, 6.45) is 0. The number of fused-ring (bicyclic) bond motifs is 19. The molecule has 1 heterocycles. The zero-order valence-corrected chi connectivity index (χ0v) is 49.8. The monoisotopic (exact) mass is 1110 g/mol. The lowest BCUT2D eigenvalue weighted by atomic mass is 9.70. The molecule has 0 unspecified atom stereocenters. The van der Waals surface area contributed by atoms with Crippen LogP contribution in [0, 0.1) is 20.8 Å². The van der Waals surface area contributed by atoms with Crippen LogP contribution in [0.5, 0.6) is 0 Å². The molecule has 0 N–H and O–H groups in total. The molecule has 0 saturated heterocycles. The Hall–Kier alpha value is -9.54. The van der Waals surface area contributed by atoms with E-state index in [1.807, 2.05) is 11.3 Å². The fraction of sp³-hybridized carbons (Fsp3) is 0.122. The number of benzene rings is 12. The Kier molecular flexibility index (Phi) is 10.6. The van der Waals surface area contributed by atoms with Crippen molar-refractivity contribution in [1.82, 2.24) is 0 Å². The molecular weight excluding hydrogens is 1040 g/mol. The molecule has 0 radical (unpaired) electrons. The predicted octanol–water partition coefficient (Wildman–Crippen LogP) is 22.5. The van der Waals surface area contributed by atoms with Gasteiger partial charge in [-0.25, -0.2) is 0 Å². The van der Waals surface area contributed by atoms with Gasteiger partial charge in [0.05, 0.1) is 16.8 Å². The van der Waals surface area contributed by atoms with E-state index in [1.54, 1.807) is 0 Å². The number of aryl methyl sites for hydroxylation is 3. The van der Waals surface area contributed by atoms with Gasteiger partial charge < -0.3 is 9.80 Å². The molecule has 1 spiro atoms. The first-order chi connectivity index (χ1) is 41.4. The molecule has 0 atom stereocenters. The lowest BCUT2D eigenvalue weighted by molar-refractivity contribution is 0.659. The third-order valence-electron chi connectivity index (χ3n) is 19.9. The lowest BCUT2D eigenvalue weighted by Gasteiger charge is -2.32. The van der Waals surface area contributed by atoms with Crippen LogP contribution in [0.2, 0.25) is 0 Å². The molecule has 0 fully saturated rings. The average Bonchev–Trinajstić information content (AvgIpc) is 1.54. The fourth-order valence-electron chi connectivity index (χ4n) is 16.0. The van der Waals surface area contributed by atoms with Gasteiger partial charge in [-0.05, 0) is 194 Å². The molecule has 0 saturated carbocycles. The average molecular weight is 1110 g/mol. The maximum Gasteiger partial charge on any atom is 0.0726 e. The summed E-state index contributed by atoms with van der Waals surface area (Å²) in [5.74, 6) is 0. The fourth-order valence-corrected chi connectivity index (χ4v) is 17.1. The van der Waals surface area contributed by atoms with Gasteiger partial charge >= 0.3 is 0 Å². The van der Waals surface area contributed by atoms with Crippen molar-refractivity contribution in [2.45, 2.75) is 64.7 Å². The van der Waals surface area contributed by atoms with Crippen molar-refractivity contribution in [3.8, 4) is 55.6 Å². The summed E-state index contributed by atoms with van der Waals surface area (Å²) in [5.41, 5.74) is 33.8. The summed E-state index contributed by atoms with van der Waals surface area (Å²) in [5, 5.41) is 2.55. The molecule has 406 valence electrons. The van der Waals surface area contributed by atoms with Gasteiger partial charge in [-0.1, -0.05) is 215 Å². The second-order valence-electron chi connectivity index (χ2n) is 25.4. The molecule has 17 rings (SSSR count). The van der Waals surface area contributed by atoms with Gasteiger partial charge in [0.1, 0.15) is 0 Å². The van der Waals surface area contributed by atoms with Gasteiger partial charge in [0.2, 0.25) is 0 Å². The van der Waals surface area contributed by atoms with E-state index in [9.17, 15) is 0 Å². The maximum absolute atomic E-state index is 2.57. The lowest BCUT2D eigenvalue weighted by Crippen LogP contribution is -2.26. The van der Waals surface area contributed by atoms with Crippen LogP contribution in [-0.4, -0.2) is 0 Å². The number of hydrogen-bond acceptors (Lipinski definition) is 3. The summed E-state index contributed by atoms with van der Waals surface area (Å²) in [4.78, 5) is 5.07. The van der Waals surface area contributed by atoms with Crippen LogP contribution in [0.15, 0.2) is 249 Å². The number of nitrogens with zero attached hydrogens (tertiary/aromatic N) is 2. The minimum Gasteiger partial charge on any atom is -0.310 e. The molecule has 12 aromatic carbocycles. The van der Waals surface area contributed by atoms with Crippen molar-refractivity contribution in [2.24, 2.45) is 0 Å². The van der Waals surface area contributed by atoms with Crippen molar-refractivity contribution in [3.05, 3.63) is 310 Å². The van der Waals surface area contributed by atoms with Gasteiger partial charge in [0.15, 0.2) is 0 Å². The second kappa shape index (κ2) is 18.0. The summed E-state index contributed by atoms with van der Waals surface area (Å²) in [6, 6.07) is 95.1. The van der Waals surface area contributed by atoms with Crippen molar-refractivity contribution in [1.29, 1.82) is 0 Å². The Balaban J connectivity index is 0.812. The maximum atomic E-state index is 2.57. The van der Waals surface area contributed by atoms with E-state index in [-0.39, 0.29) is 10.8 Å². The largest absolute Gasteiger partial charge is 0.310 e. The van der Waals surface area contributed by atoms with E-state index in [2.05, 4.69) is 307 Å². The summed E-state index contributed by atoms with van der Waals surface area (Å²) < 4.78 is 2.57. The summed E-state index contributed by atoms with van der Waals surface area (Å²) >= 11 is 1.87. The molecule has 3 heteroatoms. The quantitative estimate of drug-likeness (QED) is 0.157. The number of anilines is 6. The number of rotatable bonds is 7. The summed E-state index contributed by atoms with van der Waals surface area (Å²) in [6.45, 7) is 16.3. The highest BCUT2D eigenvalue weighted by molar-refractivity contribution is 7.26. The normalized spacial score (nSPS) is 14.6. The zero-order valence-electron chi connectivity index (χ0n) is 49.0. The van der Waals surface area contributed by atoms with Crippen LogP contribution in [0.4, 0.5) is 34.1 Å². The first-order valence-corrected chi connectivity index (χ1v) is 30.9. The smallest absolute Gasteiger partial charge is 0.0726 e. The number of thiophene rings is 1. The molecular formula is C82H62N2S. The van der Waals surface area contributed by atoms with Gasteiger partial charge in [-0.3, -0.25) is 0 Å². The van der Waals surface area contributed by atoms with Crippen LogP contribution < -0.4 is 9.80 Å². The highest BCUT2D eigenvalue weighted by atomic mass is 32.1. The van der Waals surface area contributed by atoms with Crippen LogP contribution in [0.3, 0.4) is 0 Å². The van der Waals surface area contributed by atoms with Gasteiger partial charge in [-0.2, -0.15) is 0 Å². The Bertz CT molecular complexity index is 4850. The molecule has 85 heavy (non-hydrogen) atoms. The molecule has 4 aliphatic rings. The summed E-state index contributed by atoms with van der Waals surface area (Å²) in [7, 11) is 0. The molecule has 13 aromatic rings. The molecule has 2 nitrogen and oxygen atoms in total. The van der Waals surface area contributed by atoms with Crippen molar-refractivity contribution >= 4 is 65.6 Å². The van der Waals surface area contributed by atoms with Crippen molar-refractivity contribution < 1.29 is 0 Å². The van der Waals surface area contributed by atoms with E-state index in [0.717, 1.165) is 22.7 Å². The van der Waals surface area contributed by atoms with E-state index >= 15 is 0 Å². The molecule has 0 aliphatic heterocycles. The first kappa shape index (κ1) is 50.0. The van der Waals surface area contributed by atoms with E-state index in [4.69, 9.17) is 0 Å². The van der Waals surface area contributed by atoms with Gasteiger partial charge in [-0.15, -0.1) is 11.3 Å². The number of hydrogen-bond donors (Lipinski definition) is 0. The molecule has 0 amide bonds. The topological polar surface area (TPSA) is 6.48 Å². The molecule has 4 aliphatic carbocycles. The van der Waals surface area contributed by atoms with Crippen LogP contribution in [-0.2, 0) is 16.2 Å². The third kappa shape index (κ3) is 6.93. The van der Waals surface area contributed by atoms with Crippen LogP contribution in [0.25, 0.3) is 75.8 Å². The minimum atomic E-state index is -0.463. The van der Waals surface area contributed by atoms with Gasteiger partial charge in [0.25, 0.3) is 0 Å². The van der Waals surface area contributed by atoms with Gasteiger partial charge in [0, 0.05) is 59.3 Å². The third-order valence-corrected chi connectivity index (χ3v) is 21.0. The Morgan fingerprint density at radius 2 is 0.741 bits per heavy atom. The van der Waals surface area contributed by atoms with Crippen molar-refractivity contribution in [2.75, 3.05) is 9.80 Å². The first-order valence-electron chi connectivity index (χ1n) is 30.1. The predicted molar refractivity (Wildman–Crippen MR) is 360 cm³/mol. The van der Waals surface area contributed by atoms with E-state index in [1.165, 1.54) is 148 Å². The molecule has 0 bridgehead atoms.